The minimum absolute atomic E-state index is 0.0338. The molecule has 0 aliphatic heterocycles. The number of benzene rings is 10. The summed E-state index contributed by atoms with van der Waals surface area (Å²) in [4.78, 5) is 148. The van der Waals surface area contributed by atoms with Crippen molar-refractivity contribution in [2.45, 2.75) is 33.0 Å². The highest BCUT2D eigenvalue weighted by Crippen LogP contribution is 2.28. The van der Waals surface area contributed by atoms with Crippen LogP contribution in [0.3, 0.4) is 0 Å². The number of hydrogen-bond donors (Lipinski definition) is 10. The maximum Gasteiger partial charge on any atom is 0.282 e. The molecule has 0 atom stereocenters. The molecule has 34 nitrogen and oxygen atoms in total. The van der Waals surface area contributed by atoms with Crippen LogP contribution in [-0.4, -0.2) is 96.0 Å². The summed E-state index contributed by atoms with van der Waals surface area (Å²) in [6.07, 6.45) is 14.3. The van der Waals surface area contributed by atoms with E-state index >= 15 is 0 Å². The van der Waals surface area contributed by atoms with Crippen molar-refractivity contribution >= 4 is 128 Å². The molecule has 696 valence electrons. The fourth-order valence-electron chi connectivity index (χ4n) is 12.1. The molecule has 15 aromatic rings. The first-order valence-corrected chi connectivity index (χ1v) is 42.2. The zero-order valence-electron chi connectivity index (χ0n) is 72.8. The van der Waals surface area contributed by atoms with Gasteiger partial charge in [-0.3, -0.25) is 83.0 Å². The Morgan fingerprint density at radius 1 is 0.283 bits per heavy atom. The van der Waals surface area contributed by atoms with Crippen LogP contribution in [0.15, 0.2) is 335 Å². The molecule has 138 heavy (non-hydrogen) atoms. The van der Waals surface area contributed by atoms with E-state index in [4.69, 9.17) is 91.9 Å². The molecule has 10 amide bonds. The maximum absolute atomic E-state index is 12.4. The van der Waals surface area contributed by atoms with Gasteiger partial charge in [-0.2, -0.15) is 0 Å². The highest BCUT2D eigenvalue weighted by Gasteiger charge is 2.21. The molecule has 0 unspecified atom stereocenters. The van der Waals surface area contributed by atoms with Gasteiger partial charge in [0.05, 0.1) is 81.4 Å². The second-order valence-corrected chi connectivity index (χ2v) is 30.4. The van der Waals surface area contributed by atoms with Crippen LogP contribution in [0.1, 0.15) is 131 Å². The highest BCUT2D eigenvalue weighted by atomic mass is 35.5. The summed E-state index contributed by atoms with van der Waals surface area (Å²) < 4.78 is 33.3. The molecule has 0 fully saturated rings. The number of nitrogens with two attached hydrogens (primary N) is 5. The molecule has 0 radical (unpaired) electrons. The van der Waals surface area contributed by atoms with Gasteiger partial charge in [0.25, 0.3) is 35.2 Å². The molecule has 15 rings (SSSR count). The van der Waals surface area contributed by atoms with Gasteiger partial charge >= 0.3 is 0 Å². The number of nitrogens with zero attached hydrogens (tertiary/aromatic N) is 6. The van der Waals surface area contributed by atoms with Crippen molar-refractivity contribution in [1.82, 2.24) is 24.9 Å². The van der Waals surface area contributed by atoms with Gasteiger partial charge in [0.15, 0.2) is 0 Å². The lowest BCUT2D eigenvalue weighted by atomic mass is 10.1. The van der Waals surface area contributed by atoms with Crippen molar-refractivity contribution in [1.29, 1.82) is 0 Å². The Bertz CT molecular complexity index is 6930. The third kappa shape index (κ3) is 31.8. The predicted octanol–water partition coefficient (Wildman–Crippen LogP) is 16.9. The topological polar surface area (TPSA) is 524 Å². The number of hydrogen-bond acceptors (Lipinski definition) is 23. The number of halogens is 3. The highest BCUT2D eigenvalue weighted by molar-refractivity contribution is 6.34. The van der Waals surface area contributed by atoms with Crippen LogP contribution in [0.5, 0.6) is 34.5 Å². The van der Waals surface area contributed by atoms with Crippen molar-refractivity contribution in [3.8, 4) is 34.5 Å². The van der Waals surface area contributed by atoms with E-state index in [1.54, 1.807) is 183 Å². The molecule has 5 aromatic heterocycles. The summed E-state index contributed by atoms with van der Waals surface area (Å²) in [6, 6.07) is 76.2. The Kier molecular flexibility index (Phi) is 36.6. The number of amides is 10. The molecule has 10 aromatic carbocycles. The molecule has 0 spiro atoms. The number of carbonyl (C=O) groups excluding carboxylic acids is 10. The van der Waals surface area contributed by atoms with Crippen LogP contribution >= 0.6 is 34.8 Å². The number of nitro benzene ring substituents is 1. The number of nitrogens with one attached hydrogen (secondary N) is 5. The van der Waals surface area contributed by atoms with Gasteiger partial charge in [-0.25, -0.2) is 0 Å². The number of methoxy groups -OCH3 is 1. The third-order valence-electron chi connectivity index (χ3n) is 18.9. The number of ether oxygens (including phenoxy) is 6. The van der Waals surface area contributed by atoms with E-state index in [1.165, 1.54) is 110 Å². The first kappa shape index (κ1) is 100. The van der Waals surface area contributed by atoms with E-state index in [0.717, 1.165) is 27.8 Å². The average molecular weight is 1920 g/mol. The molecule has 0 aliphatic carbocycles. The summed E-state index contributed by atoms with van der Waals surface area (Å²) in [5.74, 6) is -1.70. The minimum atomic E-state index is -0.609. The van der Waals surface area contributed by atoms with Gasteiger partial charge in [0, 0.05) is 92.2 Å². The summed E-state index contributed by atoms with van der Waals surface area (Å²) in [5.41, 5.74) is 36.1. The maximum atomic E-state index is 12.4. The minimum Gasteiger partial charge on any atom is -0.497 e. The van der Waals surface area contributed by atoms with Crippen molar-refractivity contribution < 1.29 is 81.3 Å². The summed E-state index contributed by atoms with van der Waals surface area (Å²) >= 11 is 17.8. The van der Waals surface area contributed by atoms with E-state index in [2.05, 4.69) is 51.5 Å². The standard InChI is InChI=1S/C21H19N3O4.3C20H16ClN3O3.C20H16N4O5/c1-27-18-7-5-15(6-8-18)21(26)24-17-4-2-3-14(9-17)13-28-19-10-16(20(22)25)11-23-12-19;21-16-5-2-4-14(8-16)20(26)24-17-6-1-3-13(7-17)12-27-18-9-15(19(22)25)10-23-11-18;21-18-7-2-1-6-17(18)20(26)24-15-5-3-4-13(8-15)12-27-16-9-14(19(22)25)10-23-11-16;21-16-6-4-14(5-7-16)20(26)24-17-3-1-2-13(8-17)12-27-18-9-15(19(22)25)10-23-11-18;21-19(25)14-9-16(11-22-10-14)29-12-13-4-3-5-15(8-13)23-20(26)17-6-1-2-7-18(17)24(27)28/h2-12H,13H2,1H3,(H2,22,25)(H,24,26);3*1-11H,12H2,(H2,22,25)(H,24,26);1-11H,12H2,(H2,21,25)(H,23,26). The normalized spacial score (nSPS) is 10.2. The van der Waals surface area contributed by atoms with Crippen molar-refractivity contribution in [2.75, 3.05) is 33.7 Å². The molecule has 0 bridgehead atoms. The van der Waals surface area contributed by atoms with Crippen LogP contribution in [0.2, 0.25) is 15.1 Å². The average Bonchev–Trinajstić information content (AvgIpc) is 0.844. The number of pyridine rings is 5. The Balaban J connectivity index is 0.000000165. The number of primary amides is 5. The third-order valence-corrected chi connectivity index (χ3v) is 19.8. The molecular weight excluding hydrogens is 1830 g/mol. The fraction of sp³-hybridized carbons (Fsp3) is 0.0594. The number of rotatable bonds is 32. The quantitative estimate of drug-likeness (QED) is 0.0138. The molecule has 0 aliphatic rings. The van der Waals surface area contributed by atoms with Crippen molar-refractivity contribution in [3.63, 3.8) is 0 Å². The van der Waals surface area contributed by atoms with Crippen LogP contribution in [-0.2, 0) is 33.0 Å². The van der Waals surface area contributed by atoms with Crippen molar-refractivity contribution in [2.24, 2.45) is 28.7 Å². The molecular formula is C101H83Cl3N16O18. The summed E-state index contributed by atoms with van der Waals surface area (Å²) in [6.45, 7) is 1.12. The van der Waals surface area contributed by atoms with Crippen LogP contribution in [0, 0.1) is 10.1 Å². The lowest BCUT2D eigenvalue weighted by Crippen LogP contribution is -2.14. The first-order valence-electron chi connectivity index (χ1n) is 41.1. The second-order valence-electron chi connectivity index (χ2n) is 29.1. The van der Waals surface area contributed by atoms with Gasteiger partial charge in [-0.1, -0.05) is 126 Å². The smallest absolute Gasteiger partial charge is 0.282 e. The number of nitro groups is 1. The van der Waals surface area contributed by atoms with Gasteiger partial charge < -0.3 is 83.7 Å². The number of anilines is 5. The zero-order chi connectivity index (χ0) is 98.4. The van der Waals surface area contributed by atoms with Crippen LogP contribution < -0.4 is 83.7 Å². The van der Waals surface area contributed by atoms with E-state index < -0.39 is 40.4 Å². The second kappa shape index (κ2) is 50.4. The fourth-order valence-corrected chi connectivity index (χ4v) is 12.7. The number of carbonyl (C=O) groups is 10. The lowest BCUT2D eigenvalue weighted by Gasteiger charge is -2.10. The van der Waals surface area contributed by atoms with Gasteiger partial charge in [0.2, 0.25) is 29.5 Å². The van der Waals surface area contributed by atoms with Gasteiger partial charge in [-0.15, -0.1) is 0 Å². The summed E-state index contributed by atoms with van der Waals surface area (Å²) in [7, 11) is 1.57. The predicted molar refractivity (Wildman–Crippen MR) is 518 cm³/mol. The molecule has 15 N–H and O–H groups in total. The van der Waals surface area contributed by atoms with E-state index in [1.807, 2.05) is 48.5 Å². The van der Waals surface area contributed by atoms with Gasteiger partial charge in [-0.05, 0) is 204 Å². The number of aromatic nitrogens is 5. The van der Waals surface area contributed by atoms with E-state index in [9.17, 15) is 58.1 Å². The zero-order valence-corrected chi connectivity index (χ0v) is 75.1. The van der Waals surface area contributed by atoms with Crippen LogP contribution in [0.4, 0.5) is 34.1 Å². The first-order chi connectivity index (χ1) is 66.5. The van der Waals surface area contributed by atoms with Crippen molar-refractivity contribution in [3.05, 3.63) is 444 Å². The monoisotopic (exact) mass is 1910 g/mol. The molecule has 37 heteroatoms. The largest absolute Gasteiger partial charge is 0.497 e. The van der Waals surface area contributed by atoms with E-state index in [-0.39, 0.29) is 95.7 Å². The Morgan fingerprint density at radius 3 is 0.870 bits per heavy atom. The summed E-state index contributed by atoms with van der Waals surface area (Å²) in [5, 5.41) is 26.5. The molecule has 5 heterocycles. The van der Waals surface area contributed by atoms with E-state index in [0.29, 0.717) is 100 Å². The lowest BCUT2D eigenvalue weighted by molar-refractivity contribution is -0.385. The molecule has 0 saturated heterocycles. The Morgan fingerprint density at radius 2 is 0.565 bits per heavy atom. The Hall–Kier alpha value is -18.3. The SMILES string of the molecule is COc1ccc(C(=O)Nc2cccc(COc3cncc(C(N)=O)c3)c2)cc1.NC(=O)c1cncc(OCc2cccc(NC(=O)c3ccc(Cl)cc3)c2)c1.NC(=O)c1cncc(OCc2cccc(NC(=O)c3cccc(Cl)c3)c2)c1.NC(=O)c1cncc(OCc2cccc(NC(=O)c3ccccc3Cl)c2)c1.NC(=O)c1cncc(OCc2cccc(NC(=O)c3ccccc3[N+](=O)[O-])c2)c1. The van der Waals surface area contributed by atoms with Crippen LogP contribution in [0.25, 0.3) is 0 Å². The number of para-hydroxylation sites is 1. The van der Waals surface area contributed by atoms with Gasteiger partial charge in [0.1, 0.15) is 73.1 Å². The Labute approximate surface area is 802 Å². The molecule has 0 saturated carbocycles.